The molecule has 138 valence electrons. The number of ether oxygens (including phenoxy) is 2. The number of rotatable bonds is 3. The lowest BCUT2D eigenvalue weighted by Crippen LogP contribution is -2.29. The number of carbonyl (C=O) groups is 1. The van der Waals surface area contributed by atoms with Crippen LogP contribution in [0.15, 0.2) is 36.4 Å². The Hall–Kier alpha value is -2.53. The monoisotopic (exact) mass is 354 g/mol. The van der Waals surface area contributed by atoms with Gasteiger partial charge in [0.2, 0.25) is 0 Å². The first kappa shape index (κ1) is 18.3. The molecular weight excluding hydrogens is 328 g/mol. The number of carbonyl (C=O) groups excluding carboxylic acids is 1. The zero-order valence-electron chi connectivity index (χ0n) is 15.8. The largest absolute Gasteiger partial charge is 0.497 e. The minimum atomic E-state index is -0.545. The number of amides is 1. The quantitative estimate of drug-likeness (QED) is 0.860. The molecular formula is C21H26N2O3. The number of methoxy groups -OCH3 is 1. The summed E-state index contributed by atoms with van der Waals surface area (Å²) in [6.45, 7) is 7.27. The van der Waals surface area contributed by atoms with Gasteiger partial charge in [-0.15, -0.1) is 0 Å². The van der Waals surface area contributed by atoms with Crippen molar-refractivity contribution in [2.45, 2.75) is 39.3 Å². The van der Waals surface area contributed by atoms with Gasteiger partial charge < -0.3 is 14.8 Å². The first-order valence-electron chi connectivity index (χ1n) is 8.87. The second-order valence-electron chi connectivity index (χ2n) is 7.41. The van der Waals surface area contributed by atoms with E-state index in [9.17, 15) is 4.79 Å². The van der Waals surface area contributed by atoms with Crippen LogP contribution in [0.3, 0.4) is 0 Å². The van der Waals surface area contributed by atoms with E-state index >= 15 is 0 Å². The third-order valence-electron chi connectivity index (χ3n) is 4.28. The van der Waals surface area contributed by atoms with Crippen molar-refractivity contribution in [1.29, 1.82) is 0 Å². The Morgan fingerprint density at radius 2 is 2.00 bits per heavy atom. The van der Waals surface area contributed by atoms with Crippen molar-refractivity contribution >= 4 is 11.8 Å². The van der Waals surface area contributed by atoms with Crippen molar-refractivity contribution in [1.82, 2.24) is 5.32 Å². The lowest BCUT2D eigenvalue weighted by Gasteiger charge is -2.25. The molecule has 5 nitrogen and oxygen atoms in total. The molecule has 1 amide bonds. The van der Waals surface area contributed by atoms with E-state index in [0.29, 0.717) is 0 Å². The number of fused-ring (bicyclic) bond motifs is 1. The Labute approximate surface area is 154 Å². The minimum absolute atomic E-state index is 0.437. The summed E-state index contributed by atoms with van der Waals surface area (Å²) in [6.07, 6.45) is 0.423. The summed E-state index contributed by atoms with van der Waals surface area (Å²) in [5.74, 6) is 0.783. The first-order chi connectivity index (χ1) is 12.4. The maximum Gasteiger partial charge on any atom is 0.412 e. The molecule has 0 atom stereocenters. The summed E-state index contributed by atoms with van der Waals surface area (Å²) < 4.78 is 10.8. The summed E-state index contributed by atoms with van der Waals surface area (Å²) in [5.41, 5.74) is 4.61. The van der Waals surface area contributed by atoms with E-state index in [2.05, 4.69) is 16.7 Å². The molecule has 26 heavy (non-hydrogen) atoms. The maximum absolute atomic E-state index is 12.4. The highest BCUT2D eigenvalue weighted by atomic mass is 16.6. The Balaban J connectivity index is 2.05. The second kappa shape index (κ2) is 7.38. The van der Waals surface area contributed by atoms with Crippen LogP contribution in [0.25, 0.3) is 11.1 Å². The topological polar surface area (TPSA) is 59.6 Å². The van der Waals surface area contributed by atoms with E-state index in [0.717, 1.165) is 47.6 Å². The van der Waals surface area contributed by atoms with Crippen LogP contribution in [-0.4, -0.2) is 25.3 Å². The maximum atomic E-state index is 12.4. The zero-order valence-corrected chi connectivity index (χ0v) is 15.8. The molecule has 2 aromatic carbocycles. The van der Waals surface area contributed by atoms with Gasteiger partial charge in [-0.1, -0.05) is 24.3 Å². The zero-order chi connectivity index (χ0) is 18.7. The molecule has 0 unspecified atom stereocenters. The average Bonchev–Trinajstić information content (AvgIpc) is 2.60. The molecule has 5 heteroatoms. The standard InChI is InChI=1S/C21H26N2O3/c1-21(2,3)26-20(24)23-19-17(14-6-5-7-16(12-14)25-4)9-8-15-13-22-11-10-18(15)19/h5-9,12,22H,10-11,13H2,1-4H3,(H,23,24). The highest BCUT2D eigenvalue weighted by molar-refractivity contribution is 5.94. The van der Waals surface area contributed by atoms with Gasteiger partial charge in [0, 0.05) is 12.1 Å². The molecule has 1 aliphatic rings. The van der Waals surface area contributed by atoms with Crippen molar-refractivity contribution in [3.05, 3.63) is 47.5 Å². The van der Waals surface area contributed by atoms with Gasteiger partial charge in [0.15, 0.2) is 0 Å². The van der Waals surface area contributed by atoms with E-state index in [1.807, 2.05) is 51.1 Å². The van der Waals surface area contributed by atoms with E-state index in [1.165, 1.54) is 5.56 Å². The van der Waals surface area contributed by atoms with Crippen LogP contribution in [-0.2, 0) is 17.7 Å². The van der Waals surface area contributed by atoms with Gasteiger partial charge in [0.05, 0.1) is 12.8 Å². The summed E-state index contributed by atoms with van der Waals surface area (Å²) in [5, 5.41) is 6.37. The minimum Gasteiger partial charge on any atom is -0.497 e. The SMILES string of the molecule is COc1cccc(-c2ccc3c(c2NC(=O)OC(C)(C)C)CCNC3)c1. The molecule has 0 saturated heterocycles. The van der Waals surface area contributed by atoms with E-state index in [1.54, 1.807) is 7.11 Å². The van der Waals surface area contributed by atoms with Gasteiger partial charge in [-0.2, -0.15) is 0 Å². The number of hydrogen-bond donors (Lipinski definition) is 2. The van der Waals surface area contributed by atoms with Crippen LogP contribution >= 0.6 is 0 Å². The van der Waals surface area contributed by atoms with Gasteiger partial charge in [-0.25, -0.2) is 4.79 Å². The van der Waals surface area contributed by atoms with Crippen LogP contribution in [0, 0.1) is 0 Å². The summed E-state index contributed by atoms with van der Waals surface area (Å²) in [4.78, 5) is 12.4. The summed E-state index contributed by atoms with van der Waals surface area (Å²) >= 11 is 0. The molecule has 1 aliphatic heterocycles. The van der Waals surface area contributed by atoms with Crippen molar-refractivity contribution in [2.24, 2.45) is 0 Å². The fourth-order valence-corrected chi connectivity index (χ4v) is 3.16. The van der Waals surface area contributed by atoms with Crippen LogP contribution in [0.1, 0.15) is 31.9 Å². The van der Waals surface area contributed by atoms with Crippen molar-refractivity contribution in [2.75, 3.05) is 19.0 Å². The van der Waals surface area contributed by atoms with Crippen molar-refractivity contribution < 1.29 is 14.3 Å². The smallest absolute Gasteiger partial charge is 0.412 e. The molecule has 0 aromatic heterocycles. The fourth-order valence-electron chi connectivity index (χ4n) is 3.16. The molecule has 3 rings (SSSR count). The Kier molecular flexibility index (Phi) is 5.18. The lowest BCUT2D eigenvalue weighted by molar-refractivity contribution is 0.0636. The van der Waals surface area contributed by atoms with Crippen molar-refractivity contribution in [3.8, 4) is 16.9 Å². The van der Waals surface area contributed by atoms with Crippen LogP contribution in [0.2, 0.25) is 0 Å². The fraction of sp³-hybridized carbons (Fsp3) is 0.381. The highest BCUT2D eigenvalue weighted by Crippen LogP contribution is 2.36. The number of anilines is 1. The highest BCUT2D eigenvalue weighted by Gasteiger charge is 2.22. The van der Waals surface area contributed by atoms with Gasteiger partial charge >= 0.3 is 6.09 Å². The number of hydrogen-bond acceptors (Lipinski definition) is 4. The molecule has 0 spiro atoms. The Morgan fingerprint density at radius 1 is 1.19 bits per heavy atom. The van der Waals surface area contributed by atoms with Crippen molar-refractivity contribution in [3.63, 3.8) is 0 Å². The van der Waals surface area contributed by atoms with E-state index in [-0.39, 0.29) is 0 Å². The molecule has 0 radical (unpaired) electrons. The third kappa shape index (κ3) is 4.17. The van der Waals surface area contributed by atoms with Crippen LogP contribution in [0.4, 0.5) is 10.5 Å². The predicted octanol–water partition coefficient (Wildman–Crippen LogP) is 4.35. The van der Waals surface area contributed by atoms with E-state index in [4.69, 9.17) is 9.47 Å². The van der Waals surface area contributed by atoms with Gasteiger partial charge in [0.25, 0.3) is 0 Å². The van der Waals surface area contributed by atoms with Crippen LogP contribution < -0.4 is 15.4 Å². The average molecular weight is 354 g/mol. The molecule has 1 heterocycles. The number of nitrogens with one attached hydrogen (secondary N) is 2. The van der Waals surface area contributed by atoms with Gasteiger partial charge in [-0.3, -0.25) is 5.32 Å². The van der Waals surface area contributed by atoms with Gasteiger partial charge in [-0.05, 0) is 62.6 Å². The molecule has 0 aliphatic carbocycles. The molecule has 0 fully saturated rings. The Bertz CT molecular complexity index is 809. The van der Waals surface area contributed by atoms with Crippen LogP contribution in [0.5, 0.6) is 5.75 Å². The summed E-state index contributed by atoms with van der Waals surface area (Å²) in [7, 11) is 1.65. The molecule has 2 N–H and O–H groups in total. The second-order valence-corrected chi connectivity index (χ2v) is 7.41. The molecule has 0 saturated carbocycles. The Morgan fingerprint density at radius 3 is 2.73 bits per heavy atom. The van der Waals surface area contributed by atoms with E-state index < -0.39 is 11.7 Å². The first-order valence-corrected chi connectivity index (χ1v) is 8.87. The number of benzene rings is 2. The lowest BCUT2D eigenvalue weighted by atomic mass is 9.92. The van der Waals surface area contributed by atoms with Gasteiger partial charge in [0.1, 0.15) is 11.4 Å². The summed E-state index contributed by atoms with van der Waals surface area (Å²) in [6, 6.07) is 12.0. The third-order valence-corrected chi connectivity index (χ3v) is 4.28. The normalized spacial score (nSPS) is 13.7. The molecule has 0 bridgehead atoms. The molecule has 2 aromatic rings. The predicted molar refractivity (Wildman–Crippen MR) is 104 cm³/mol.